The Bertz CT molecular complexity index is 506. The molecule has 84 valence electrons. The Morgan fingerprint density at radius 3 is 2.94 bits per heavy atom. The van der Waals surface area contributed by atoms with E-state index in [1.54, 1.807) is 11.3 Å². The Morgan fingerprint density at radius 2 is 2.44 bits per heavy atom. The summed E-state index contributed by atoms with van der Waals surface area (Å²) in [4.78, 5) is 10.1. The van der Waals surface area contributed by atoms with Crippen LogP contribution in [-0.4, -0.2) is 14.7 Å². The molecule has 0 bridgehead atoms. The number of hydrogen-bond acceptors (Lipinski definition) is 5. The van der Waals surface area contributed by atoms with Crippen molar-refractivity contribution >= 4 is 22.8 Å². The highest BCUT2D eigenvalue weighted by Crippen LogP contribution is 2.27. The second kappa shape index (κ2) is 3.93. The van der Waals surface area contributed by atoms with Crippen LogP contribution in [0.1, 0.15) is 18.5 Å². The van der Waals surface area contributed by atoms with Gasteiger partial charge in [0, 0.05) is 0 Å². The molecular weight excluding hydrogens is 228 g/mol. The molecule has 0 fully saturated rings. The summed E-state index contributed by atoms with van der Waals surface area (Å²) in [6.45, 7) is 1.90. The van der Waals surface area contributed by atoms with Gasteiger partial charge < -0.3 is 5.73 Å². The number of nitro groups is 1. The molecule has 1 unspecified atom stereocenters. The molecule has 1 atom stereocenters. The van der Waals surface area contributed by atoms with Crippen LogP contribution in [0.25, 0.3) is 0 Å². The number of nitrogen functional groups attached to an aromatic ring is 1. The zero-order chi connectivity index (χ0) is 11.7. The van der Waals surface area contributed by atoms with Crippen molar-refractivity contribution in [2.24, 2.45) is 0 Å². The van der Waals surface area contributed by atoms with Gasteiger partial charge >= 0.3 is 5.69 Å². The molecule has 0 spiro atoms. The predicted octanol–water partition coefficient (Wildman–Crippen LogP) is 2.04. The van der Waals surface area contributed by atoms with Gasteiger partial charge in [0.2, 0.25) is 5.82 Å². The molecule has 0 saturated heterocycles. The van der Waals surface area contributed by atoms with Crippen LogP contribution >= 0.6 is 11.3 Å². The molecule has 2 rings (SSSR count). The van der Waals surface area contributed by atoms with E-state index in [1.807, 2.05) is 23.8 Å². The zero-order valence-corrected chi connectivity index (χ0v) is 9.35. The molecule has 0 aliphatic heterocycles. The fraction of sp³-hybridized carbons (Fsp3) is 0.222. The van der Waals surface area contributed by atoms with Crippen molar-refractivity contribution in [2.75, 3.05) is 5.73 Å². The molecule has 0 radical (unpaired) electrons. The van der Waals surface area contributed by atoms with E-state index in [1.165, 1.54) is 10.9 Å². The number of nitrogens with two attached hydrogens (primary N) is 1. The first kappa shape index (κ1) is 10.6. The highest BCUT2D eigenvalue weighted by atomic mass is 32.1. The van der Waals surface area contributed by atoms with Gasteiger partial charge in [-0.15, -0.1) is 0 Å². The summed E-state index contributed by atoms with van der Waals surface area (Å²) in [5, 5.41) is 18.5. The van der Waals surface area contributed by atoms with Crippen molar-refractivity contribution < 1.29 is 4.92 Å². The number of thiophene rings is 1. The monoisotopic (exact) mass is 238 g/mol. The van der Waals surface area contributed by atoms with Gasteiger partial charge in [0.25, 0.3) is 0 Å². The second-order valence-corrected chi connectivity index (χ2v) is 4.13. The lowest BCUT2D eigenvalue weighted by Crippen LogP contribution is -2.11. The van der Waals surface area contributed by atoms with Crippen LogP contribution in [0.3, 0.4) is 0 Å². The minimum atomic E-state index is -0.529. The van der Waals surface area contributed by atoms with Crippen molar-refractivity contribution in [3.8, 4) is 0 Å². The lowest BCUT2D eigenvalue weighted by Gasteiger charge is -2.11. The van der Waals surface area contributed by atoms with Crippen LogP contribution in [0.15, 0.2) is 23.0 Å². The molecule has 2 heterocycles. The normalized spacial score (nSPS) is 12.6. The molecule has 0 aliphatic rings. The molecule has 0 aromatic carbocycles. The average Bonchev–Trinajstić information content (AvgIpc) is 2.84. The number of nitrogens with zero attached hydrogens (tertiary/aromatic N) is 3. The minimum Gasteiger partial charge on any atom is -0.378 e. The summed E-state index contributed by atoms with van der Waals surface area (Å²) in [7, 11) is 0. The third-order valence-corrected chi connectivity index (χ3v) is 3.10. The van der Waals surface area contributed by atoms with Gasteiger partial charge in [-0.3, -0.25) is 10.1 Å². The van der Waals surface area contributed by atoms with E-state index in [0.29, 0.717) is 0 Å². The topological polar surface area (TPSA) is 87.0 Å². The van der Waals surface area contributed by atoms with Gasteiger partial charge in [-0.1, -0.05) is 0 Å². The van der Waals surface area contributed by atoms with Gasteiger partial charge in [-0.2, -0.15) is 16.4 Å². The quantitative estimate of drug-likeness (QED) is 0.654. The van der Waals surface area contributed by atoms with Crippen molar-refractivity contribution in [1.82, 2.24) is 9.78 Å². The molecule has 6 nitrogen and oxygen atoms in total. The molecule has 0 aliphatic carbocycles. The van der Waals surface area contributed by atoms with Crippen LogP contribution in [-0.2, 0) is 0 Å². The van der Waals surface area contributed by atoms with Gasteiger partial charge in [0.05, 0.1) is 11.0 Å². The van der Waals surface area contributed by atoms with Crippen molar-refractivity contribution in [3.05, 3.63) is 38.7 Å². The maximum atomic E-state index is 10.6. The van der Waals surface area contributed by atoms with Gasteiger partial charge in [-0.05, 0) is 29.3 Å². The molecule has 2 N–H and O–H groups in total. The summed E-state index contributed by atoms with van der Waals surface area (Å²) in [5.41, 5.74) is 6.56. The fourth-order valence-corrected chi connectivity index (χ4v) is 2.21. The van der Waals surface area contributed by atoms with Gasteiger partial charge in [-0.25, -0.2) is 4.68 Å². The first-order valence-corrected chi connectivity index (χ1v) is 5.55. The van der Waals surface area contributed by atoms with E-state index in [0.717, 1.165) is 5.56 Å². The predicted molar refractivity (Wildman–Crippen MR) is 61.4 cm³/mol. The summed E-state index contributed by atoms with van der Waals surface area (Å²) in [6, 6.07) is 1.85. The maximum Gasteiger partial charge on any atom is 0.330 e. The SMILES string of the molecule is CC(c1ccsc1)n1ncc([N+](=O)[O-])c1N. The third kappa shape index (κ3) is 1.65. The van der Waals surface area contributed by atoms with E-state index >= 15 is 0 Å². The van der Waals surface area contributed by atoms with Crippen LogP contribution in [0.5, 0.6) is 0 Å². The molecule has 16 heavy (non-hydrogen) atoms. The Labute approximate surface area is 95.5 Å². The van der Waals surface area contributed by atoms with Gasteiger partial charge in [0.1, 0.15) is 6.20 Å². The van der Waals surface area contributed by atoms with Crippen LogP contribution in [0.2, 0.25) is 0 Å². The lowest BCUT2D eigenvalue weighted by atomic mass is 10.2. The smallest absolute Gasteiger partial charge is 0.330 e. The molecule has 0 saturated carbocycles. The minimum absolute atomic E-state index is 0.0868. The largest absolute Gasteiger partial charge is 0.378 e. The first-order chi connectivity index (χ1) is 7.61. The fourth-order valence-electron chi connectivity index (χ4n) is 1.47. The van der Waals surface area contributed by atoms with Crippen LogP contribution in [0.4, 0.5) is 11.5 Å². The Kier molecular flexibility index (Phi) is 2.61. The molecule has 2 aromatic rings. The standard InChI is InChI=1S/C9H10N4O2S/c1-6(7-2-3-16-5-7)12-9(10)8(4-11-12)13(14)15/h2-6H,10H2,1H3. The van der Waals surface area contributed by atoms with E-state index in [2.05, 4.69) is 5.10 Å². The molecule has 7 heteroatoms. The molecule has 0 amide bonds. The summed E-state index contributed by atoms with van der Waals surface area (Å²) < 4.78 is 1.46. The highest BCUT2D eigenvalue weighted by Gasteiger charge is 2.21. The van der Waals surface area contributed by atoms with E-state index in [-0.39, 0.29) is 17.5 Å². The third-order valence-electron chi connectivity index (χ3n) is 2.40. The Morgan fingerprint density at radius 1 is 1.69 bits per heavy atom. The number of anilines is 1. The molecular formula is C9H10N4O2S. The van der Waals surface area contributed by atoms with Crippen molar-refractivity contribution in [1.29, 1.82) is 0 Å². The van der Waals surface area contributed by atoms with E-state index in [4.69, 9.17) is 5.73 Å². The summed E-state index contributed by atoms with van der Waals surface area (Å²) in [6.07, 6.45) is 1.18. The van der Waals surface area contributed by atoms with E-state index < -0.39 is 4.92 Å². The zero-order valence-electron chi connectivity index (χ0n) is 8.53. The Balaban J connectivity index is 2.38. The van der Waals surface area contributed by atoms with Gasteiger partial charge in [0.15, 0.2) is 0 Å². The number of aromatic nitrogens is 2. The second-order valence-electron chi connectivity index (χ2n) is 3.35. The van der Waals surface area contributed by atoms with Crippen molar-refractivity contribution in [3.63, 3.8) is 0 Å². The maximum absolute atomic E-state index is 10.6. The van der Waals surface area contributed by atoms with Crippen molar-refractivity contribution in [2.45, 2.75) is 13.0 Å². The molecule has 2 aromatic heterocycles. The first-order valence-electron chi connectivity index (χ1n) is 4.60. The lowest BCUT2D eigenvalue weighted by molar-refractivity contribution is -0.384. The van der Waals surface area contributed by atoms with Crippen LogP contribution in [0, 0.1) is 10.1 Å². The summed E-state index contributed by atoms with van der Waals surface area (Å²) >= 11 is 1.57. The summed E-state index contributed by atoms with van der Waals surface area (Å²) in [5.74, 6) is 0.0868. The Hall–Kier alpha value is -1.89. The van der Waals surface area contributed by atoms with Crippen LogP contribution < -0.4 is 5.73 Å². The van der Waals surface area contributed by atoms with E-state index in [9.17, 15) is 10.1 Å². The number of hydrogen-bond donors (Lipinski definition) is 1. The highest BCUT2D eigenvalue weighted by molar-refractivity contribution is 7.07. The average molecular weight is 238 g/mol. The number of rotatable bonds is 3.